The zero-order chi connectivity index (χ0) is 43.9. The smallest absolute Gasteiger partial charge is 0.0547 e. The Morgan fingerprint density at radius 2 is 0.968 bits per heavy atom. The number of para-hydroxylation sites is 2. The van der Waals surface area contributed by atoms with Gasteiger partial charge in [-0.05, 0) is 118 Å². The predicted octanol–water partition coefficient (Wildman–Crippen LogP) is 18.3. The summed E-state index contributed by atoms with van der Waals surface area (Å²) in [6, 6.07) is 72.9. The molecule has 0 saturated carbocycles. The highest BCUT2D eigenvalue weighted by Crippen LogP contribution is 2.43. The van der Waals surface area contributed by atoms with E-state index in [1.165, 1.54) is 75.0 Å². The Kier molecular flexibility index (Phi) is 13.2. The summed E-state index contributed by atoms with van der Waals surface area (Å²) >= 11 is 5.42. The standard InChI is InChI=1S/C54H36N2S.2C2H6.CH4S/c1-2-36-17-19-37(20-18-36)38-21-27-44(28-22-38)55(42-11-5-3-6-12-42)45-29-23-39(24-30-45)40-26-32-51-49(33-40)50-34-41-25-31-47-46-15-9-10-16-53(46)57-54(47)48(41)35-52(50)56(51)43-13-7-4-8-14-43;3*1-2/h2-35H,1H2;2*1-2H3;2H,1H3. The van der Waals surface area contributed by atoms with Crippen molar-refractivity contribution in [3.05, 3.63) is 212 Å². The predicted molar refractivity (Wildman–Crippen MR) is 284 cm³/mol. The van der Waals surface area contributed by atoms with Gasteiger partial charge in [-0.2, -0.15) is 12.6 Å². The molecule has 2 nitrogen and oxygen atoms in total. The number of hydrogen-bond acceptors (Lipinski definition) is 3. The molecule has 0 bridgehead atoms. The van der Waals surface area contributed by atoms with Gasteiger partial charge in [0.25, 0.3) is 0 Å². The average molecular weight is 853 g/mol. The summed E-state index contributed by atoms with van der Waals surface area (Å²) in [6.45, 7) is 11.9. The van der Waals surface area contributed by atoms with Crippen LogP contribution in [-0.4, -0.2) is 10.8 Å². The van der Waals surface area contributed by atoms with E-state index in [-0.39, 0.29) is 0 Å². The molecule has 11 aromatic rings. The van der Waals surface area contributed by atoms with Crippen molar-refractivity contribution >= 4 is 99.9 Å². The van der Waals surface area contributed by atoms with Crippen LogP contribution < -0.4 is 4.90 Å². The molecule has 0 amide bonds. The van der Waals surface area contributed by atoms with Crippen LogP contribution in [-0.2, 0) is 0 Å². The third kappa shape index (κ3) is 8.16. The lowest BCUT2D eigenvalue weighted by Gasteiger charge is -2.26. The SMILES string of the molecule is C=Cc1ccc(-c2ccc(N(c3ccccc3)c3ccc(-c4ccc5c(c4)c4cc6ccc7c8ccccc8sc7c6cc4n5-c4ccccc4)cc3)cc2)cc1.CC.CC.CS. The van der Waals surface area contributed by atoms with Crippen LogP contribution in [0, 0.1) is 0 Å². The molecule has 0 unspecified atom stereocenters. The minimum Gasteiger partial charge on any atom is -0.311 e. The van der Waals surface area contributed by atoms with Crippen molar-refractivity contribution in [2.75, 3.05) is 11.2 Å². The van der Waals surface area contributed by atoms with Gasteiger partial charge in [0.05, 0.1) is 11.0 Å². The Labute approximate surface area is 381 Å². The maximum absolute atomic E-state index is 3.89. The fourth-order valence-corrected chi connectivity index (χ4v) is 9.73. The third-order valence-electron chi connectivity index (χ3n) is 11.3. The Bertz CT molecular complexity index is 3270. The summed E-state index contributed by atoms with van der Waals surface area (Å²) in [4.78, 5) is 2.32. The van der Waals surface area contributed by atoms with Gasteiger partial charge in [0.1, 0.15) is 0 Å². The van der Waals surface area contributed by atoms with Gasteiger partial charge >= 0.3 is 0 Å². The Morgan fingerprint density at radius 3 is 1.60 bits per heavy atom. The van der Waals surface area contributed by atoms with Crippen LogP contribution >= 0.6 is 24.0 Å². The first-order valence-electron chi connectivity index (χ1n) is 21.8. The number of rotatable bonds is 7. The van der Waals surface area contributed by atoms with E-state index in [1.54, 1.807) is 6.26 Å². The van der Waals surface area contributed by atoms with E-state index in [0.717, 1.165) is 28.3 Å². The summed E-state index contributed by atoms with van der Waals surface area (Å²) in [5, 5.41) is 7.73. The van der Waals surface area contributed by atoms with Crippen LogP contribution in [0.1, 0.15) is 33.3 Å². The zero-order valence-corrected chi connectivity index (χ0v) is 38.3. The average Bonchev–Trinajstić information content (AvgIpc) is 3.92. The molecule has 0 atom stereocenters. The van der Waals surface area contributed by atoms with Gasteiger partial charge in [-0.3, -0.25) is 0 Å². The molecule has 0 N–H and O–H groups in total. The fraction of sp³-hybridized carbons (Fsp3) is 0.0847. The van der Waals surface area contributed by atoms with E-state index in [0.29, 0.717) is 0 Å². The van der Waals surface area contributed by atoms with Crippen LogP contribution in [0.15, 0.2) is 207 Å². The van der Waals surface area contributed by atoms with Crippen molar-refractivity contribution in [3.8, 4) is 27.9 Å². The lowest BCUT2D eigenvalue weighted by atomic mass is 10.00. The van der Waals surface area contributed by atoms with Crippen LogP contribution in [0.3, 0.4) is 0 Å². The van der Waals surface area contributed by atoms with Crippen LogP contribution in [0.4, 0.5) is 17.1 Å². The first kappa shape index (κ1) is 42.8. The zero-order valence-electron chi connectivity index (χ0n) is 36.6. The molecule has 2 aromatic heterocycles. The van der Waals surface area contributed by atoms with Crippen molar-refractivity contribution in [3.63, 3.8) is 0 Å². The molecule has 4 heteroatoms. The van der Waals surface area contributed by atoms with E-state index in [4.69, 9.17) is 0 Å². The highest BCUT2D eigenvalue weighted by molar-refractivity contribution is 7.79. The van der Waals surface area contributed by atoms with E-state index >= 15 is 0 Å². The first-order valence-corrected chi connectivity index (χ1v) is 23.5. The minimum atomic E-state index is 1.11. The van der Waals surface area contributed by atoms with Gasteiger partial charge in [0, 0.05) is 59.1 Å². The molecule has 0 saturated heterocycles. The maximum Gasteiger partial charge on any atom is 0.0547 e. The number of anilines is 3. The molecule has 2 heterocycles. The van der Waals surface area contributed by atoms with E-state index < -0.39 is 0 Å². The molecule has 310 valence electrons. The van der Waals surface area contributed by atoms with Gasteiger partial charge in [-0.1, -0.05) is 162 Å². The minimum absolute atomic E-state index is 1.11. The van der Waals surface area contributed by atoms with E-state index in [9.17, 15) is 0 Å². The van der Waals surface area contributed by atoms with Gasteiger partial charge < -0.3 is 9.47 Å². The number of thiol groups is 1. The first-order chi connectivity index (χ1) is 31.2. The van der Waals surface area contributed by atoms with Crippen LogP contribution in [0.2, 0.25) is 0 Å². The number of benzene rings is 9. The molecule has 0 radical (unpaired) electrons. The normalized spacial score (nSPS) is 10.8. The second-order valence-corrected chi connectivity index (χ2v) is 15.7. The topological polar surface area (TPSA) is 8.17 Å². The molecule has 0 aliphatic rings. The Balaban J connectivity index is 0.000000872. The van der Waals surface area contributed by atoms with Crippen LogP contribution in [0.25, 0.3) is 86.8 Å². The Hall–Kier alpha value is -6.85. The van der Waals surface area contributed by atoms with Gasteiger partial charge in [0.2, 0.25) is 0 Å². The molecule has 9 aromatic carbocycles. The lowest BCUT2D eigenvalue weighted by Crippen LogP contribution is -2.09. The molecular weight excluding hydrogens is 801 g/mol. The maximum atomic E-state index is 3.89. The molecule has 63 heavy (non-hydrogen) atoms. The summed E-state index contributed by atoms with van der Waals surface area (Å²) in [6.07, 6.45) is 3.57. The van der Waals surface area contributed by atoms with Crippen molar-refractivity contribution < 1.29 is 0 Å². The highest BCUT2D eigenvalue weighted by Gasteiger charge is 2.18. The number of hydrogen-bond donors (Lipinski definition) is 1. The van der Waals surface area contributed by atoms with Crippen LogP contribution in [0.5, 0.6) is 0 Å². The van der Waals surface area contributed by atoms with E-state index in [2.05, 4.69) is 229 Å². The second-order valence-electron chi connectivity index (χ2n) is 14.6. The van der Waals surface area contributed by atoms with Gasteiger partial charge in [-0.25, -0.2) is 0 Å². The highest BCUT2D eigenvalue weighted by atomic mass is 32.1. The number of nitrogens with zero attached hydrogens (tertiary/aromatic N) is 2. The number of fused-ring (bicyclic) bond motifs is 8. The molecule has 0 aliphatic carbocycles. The Morgan fingerprint density at radius 1 is 0.444 bits per heavy atom. The largest absolute Gasteiger partial charge is 0.311 e. The number of thiophene rings is 1. The number of aromatic nitrogens is 1. The van der Waals surface area contributed by atoms with E-state index in [1.807, 2.05) is 45.1 Å². The summed E-state index contributed by atoms with van der Waals surface area (Å²) < 4.78 is 5.11. The summed E-state index contributed by atoms with van der Waals surface area (Å²) in [7, 11) is 0. The van der Waals surface area contributed by atoms with Crippen molar-refractivity contribution in [2.45, 2.75) is 27.7 Å². The van der Waals surface area contributed by atoms with Crippen molar-refractivity contribution in [1.82, 2.24) is 4.57 Å². The fourth-order valence-electron chi connectivity index (χ4n) is 8.50. The van der Waals surface area contributed by atoms with Gasteiger partial charge in [0.15, 0.2) is 0 Å². The summed E-state index contributed by atoms with van der Waals surface area (Å²) in [5.74, 6) is 0. The third-order valence-corrected chi connectivity index (χ3v) is 12.6. The lowest BCUT2D eigenvalue weighted by molar-refractivity contribution is 1.18. The molecular formula is C59H52N2S2. The molecule has 0 spiro atoms. The van der Waals surface area contributed by atoms with Crippen molar-refractivity contribution in [2.24, 2.45) is 0 Å². The second kappa shape index (κ2) is 19.5. The van der Waals surface area contributed by atoms with Crippen molar-refractivity contribution in [1.29, 1.82) is 0 Å². The molecule has 11 rings (SSSR count). The summed E-state index contributed by atoms with van der Waals surface area (Å²) in [5.41, 5.74) is 12.8. The quantitative estimate of drug-likeness (QED) is 0.157. The monoisotopic (exact) mass is 852 g/mol. The molecule has 0 fully saturated rings. The van der Waals surface area contributed by atoms with Gasteiger partial charge in [-0.15, -0.1) is 11.3 Å². The molecule has 0 aliphatic heterocycles.